The van der Waals surface area contributed by atoms with Gasteiger partial charge in [-0.3, -0.25) is 0 Å². The molecule has 1 saturated carbocycles. The lowest BCUT2D eigenvalue weighted by Gasteiger charge is -2.20. The number of rotatable bonds is 3. The highest BCUT2D eigenvalue weighted by Crippen LogP contribution is 2.28. The third-order valence-corrected chi connectivity index (χ3v) is 2.96. The number of hydrogen-bond acceptors (Lipinski definition) is 5. The summed E-state index contributed by atoms with van der Waals surface area (Å²) in [6, 6.07) is 0.284. The molecule has 1 aliphatic carbocycles. The summed E-state index contributed by atoms with van der Waals surface area (Å²) in [5.41, 5.74) is 6.29. The average molecular weight is 208 g/mol. The van der Waals surface area contributed by atoms with E-state index in [1.54, 1.807) is 6.20 Å². The number of aromatic nitrogens is 2. The van der Waals surface area contributed by atoms with Crippen LogP contribution in [0, 0.1) is 5.92 Å². The van der Waals surface area contributed by atoms with Crippen molar-refractivity contribution in [2.75, 3.05) is 17.7 Å². The number of nitrogen functional groups attached to an aromatic ring is 1. The molecule has 0 radical (unpaired) electrons. The van der Waals surface area contributed by atoms with E-state index < -0.39 is 0 Å². The summed E-state index contributed by atoms with van der Waals surface area (Å²) >= 11 is 0. The molecule has 4 N–H and O–H groups in total. The van der Waals surface area contributed by atoms with E-state index in [9.17, 15) is 5.11 Å². The number of nitrogens with two attached hydrogens (primary N) is 1. The van der Waals surface area contributed by atoms with Gasteiger partial charge >= 0.3 is 0 Å². The number of aliphatic hydroxyl groups excluding tert-OH is 1. The van der Waals surface area contributed by atoms with Crippen LogP contribution in [0.3, 0.4) is 0 Å². The van der Waals surface area contributed by atoms with Crippen molar-refractivity contribution in [3.8, 4) is 0 Å². The highest BCUT2D eigenvalue weighted by Gasteiger charge is 2.26. The van der Waals surface area contributed by atoms with Crippen LogP contribution in [0.15, 0.2) is 12.5 Å². The maximum Gasteiger partial charge on any atom is 0.152 e. The second kappa shape index (κ2) is 4.44. The predicted molar refractivity (Wildman–Crippen MR) is 58.3 cm³/mol. The maximum absolute atomic E-state index is 9.18. The quantitative estimate of drug-likeness (QED) is 0.678. The van der Waals surface area contributed by atoms with Gasteiger partial charge in [0, 0.05) is 18.6 Å². The van der Waals surface area contributed by atoms with Gasteiger partial charge in [0.2, 0.25) is 0 Å². The van der Waals surface area contributed by atoms with E-state index in [0.29, 0.717) is 17.4 Å². The zero-order valence-corrected chi connectivity index (χ0v) is 8.56. The molecule has 5 heteroatoms. The van der Waals surface area contributed by atoms with E-state index in [4.69, 9.17) is 5.73 Å². The minimum Gasteiger partial charge on any atom is -0.396 e. The smallest absolute Gasteiger partial charge is 0.152 e. The molecule has 0 bridgehead atoms. The lowest BCUT2D eigenvalue weighted by atomic mass is 10.1. The lowest BCUT2D eigenvalue weighted by Crippen LogP contribution is -2.27. The van der Waals surface area contributed by atoms with Gasteiger partial charge < -0.3 is 16.2 Å². The van der Waals surface area contributed by atoms with Crippen LogP contribution in [0.4, 0.5) is 11.5 Å². The summed E-state index contributed by atoms with van der Waals surface area (Å²) in [6.45, 7) is 0.225. The highest BCUT2D eigenvalue weighted by molar-refractivity contribution is 5.59. The fraction of sp³-hybridized carbons (Fsp3) is 0.600. The molecule has 15 heavy (non-hydrogen) atoms. The minimum atomic E-state index is 0.225. The van der Waals surface area contributed by atoms with Crippen LogP contribution in [0.25, 0.3) is 0 Å². The first-order valence-electron chi connectivity index (χ1n) is 5.24. The highest BCUT2D eigenvalue weighted by atomic mass is 16.3. The molecule has 0 saturated heterocycles. The molecule has 0 aliphatic heterocycles. The SMILES string of the molecule is Nc1cncnc1NC1CCCC1CO. The lowest BCUT2D eigenvalue weighted by molar-refractivity contribution is 0.222. The third kappa shape index (κ3) is 2.18. The Kier molecular flexibility index (Phi) is 3.01. The van der Waals surface area contributed by atoms with Crippen LogP contribution in [0.5, 0.6) is 0 Å². The second-order valence-corrected chi connectivity index (χ2v) is 3.95. The molecular weight excluding hydrogens is 192 g/mol. The van der Waals surface area contributed by atoms with Crippen LogP contribution in [0.2, 0.25) is 0 Å². The van der Waals surface area contributed by atoms with Gasteiger partial charge in [-0.15, -0.1) is 0 Å². The first-order chi connectivity index (χ1) is 7.31. The molecule has 1 aromatic rings. The van der Waals surface area contributed by atoms with Gasteiger partial charge in [-0.05, 0) is 12.8 Å². The largest absolute Gasteiger partial charge is 0.396 e. The second-order valence-electron chi connectivity index (χ2n) is 3.95. The maximum atomic E-state index is 9.18. The Labute approximate surface area is 88.7 Å². The summed E-state index contributed by atoms with van der Waals surface area (Å²) in [5.74, 6) is 0.995. The Morgan fingerprint density at radius 2 is 2.40 bits per heavy atom. The minimum absolute atomic E-state index is 0.225. The van der Waals surface area contributed by atoms with Gasteiger partial charge in [-0.25, -0.2) is 9.97 Å². The molecule has 2 atom stereocenters. The Balaban J connectivity index is 2.05. The van der Waals surface area contributed by atoms with Crippen molar-refractivity contribution in [1.82, 2.24) is 9.97 Å². The number of anilines is 2. The van der Waals surface area contributed by atoms with Crippen molar-refractivity contribution in [3.05, 3.63) is 12.5 Å². The van der Waals surface area contributed by atoms with Crippen molar-refractivity contribution in [2.24, 2.45) is 5.92 Å². The van der Waals surface area contributed by atoms with Crippen molar-refractivity contribution in [1.29, 1.82) is 0 Å². The molecule has 1 fully saturated rings. The van der Waals surface area contributed by atoms with E-state index >= 15 is 0 Å². The molecule has 1 aromatic heterocycles. The molecular formula is C10H16N4O. The molecule has 1 aliphatic rings. The van der Waals surface area contributed by atoms with E-state index in [-0.39, 0.29) is 12.6 Å². The summed E-state index contributed by atoms with van der Waals surface area (Å²) in [6.07, 6.45) is 6.33. The number of nitrogens with zero attached hydrogens (tertiary/aromatic N) is 2. The standard InChI is InChI=1S/C10H16N4O/c11-8-4-12-6-13-10(8)14-9-3-1-2-7(9)5-15/h4,6-7,9,15H,1-3,5,11H2,(H,12,13,14). The van der Waals surface area contributed by atoms with Crippen molar-refractivity contribution in [3.63, 3.8) is 0 Å². The summed E-state index contributed by atoms with van der Waals surface area (Å²) in [4.78, 5) is 7.91. The Morgan fingerprint density at radius 1 is 1.53 bits per heavy atom. The zero-order valence-electron chi connectivity index (χ0n) is 8.56. The number of nitrogens with one attached hydrogen (secondary N) is 1. The van der Waals surface area contributed by atoms with Gasteiger partial charge in [0.05, 0.1) is 11.9 Å². The Morgan fingerprint density at radius 3 is 3.13 bits per heavy atom. The summed E-state index contributed by atoms with van der Waals surface area (Å²) in [7, 11) is 0. The van der Waals surface area contributed by atoms with Gasteiger partial charge in [0.25, 0.3) is 0 Å². The molecule has 5 nitrogen and oxygen atoms in total. The van der Waals surface area contributed by atoms with Crippen molar-refractivity contribution < 1.29 is 5.11 Å². The number of hydrogen-bond donors (Lipinski definition) is 3. The van der Waals surface area contributed by atoms with E-state index in [0.717, 1.165) is 19.3 Å². The van der Waals surface area contributed by atoms with Crippen molar-refractivity contribution >= 4 is 11.5 Å². The topological polar surface area (TPSA) is 84.1 Å². The normalized spacial score (nSPS) is 25.4. The fourth-order valence-electron chi connectivity index (χ4n) is 2.08. The van der Waals surface area contributed by atoms with Gasteiger partial charge in [-0.2, -0.15) is 0 Å². The third-order valence-electron chi connectivity index (χ3n) is 2.96. The molecule has 82 valence electrons. The summed E-state index contributed by atoms with van der Waals surface area (Å²) < 4.78 is 0. The molecule has 0 amide bonds. The van der Waals surface area contributed by atoms with E-state index in [1.165, 1.54) is 6.33 Å². The van der Waals surface area contributed by atoms with Gasteiger partial charge in [-0.1, -0.05) is 6.42 Å². The zero-order chi connectivity index (χ0) is 10.7. The van der Waals surface area contributed by atoms with Gasteiger partial charge in [0.1, 0.15) is 6.33 Å². The van der Waals surface area contributed by atoms with Gasteiger partial charge in [0.15, 0.2) is 5.82 Å². The van der Waals surface area contributed by atoms with Crippen LogP contribution >= 0.6 is 0 Å². The van der Waals surface area contributed by atoms with E-state index in [1.807, 2.05) is 0 Å². The van der Waals surface area contributed by atoms with Crippen LogP contribution in [-0.4, -0.2) is 27.7 Å². The van der Waals surface area contributed by atoms with Crippen molar-refractivity contribution in [2.45, 2.75) is 25.3 Å². The van der Waals surface area contributed by atoms with Crippen LogP contribution < -0.4 is 11.1 Å². The first-order valence-corrected chi connectivity index (χ1v) is 5.24. The molecule has 2 rings (SSSR count). The summed E-state index contributed by atoms with van der Waals surface area (Å²) in [5, 5.41) is 12.5. The monoisotopic (exact) mass is 208 g/mol. The average Bonchev–Trinajstić information content (AvgIpc) is 2.69. The number of aliphatic hydroxyl groups is 1. The fourth-order valence-corrected chi connectivity index (χ4v) is 2.08. The molecule has 0 spiro atoms. The molecule has 0 aromatic carbocycles. The molecule has 2 unspecified atom stereocenters. The Hall–Kier alpha value is -1.36. The Bertz CT molecular complexity index is 331. The van der Waals surface area contributed by atoms with E-state index in [2.05, 4.69) is 15.3 Å². The van der Waals surface area contributed by atoms with Crippen LogP contribution in [-0.2, 0) is 0 Å². The van der Waals surface area contributed by atoms with Crippen LogP contribution in [0.1, 0.15) is 19.3 Å². The first kappa shape index (κ1) is 10.2. The molecule has 1 heterocycles. The predicted octanol–water partition coefficient (Wildman–Crippen LogP) is 0.632.